The second kappa shape index (κ2) is 4.42. The van der Waals surface area contributed by atoms with Crippen molar-refractivity contribution in [2.24, 2.45) is 5.41 Å². The van der Waals surface area contributed by atoms with Crippen LogP contribution in [-0.4, -0.2) is 0 Å². The first kappa shape index (κ1) is 11.4. The number of hydrogen-bond donors (Lipinski definition) is 0. The Labute approximate surface area is 102 Å². The van der Waals surface area contributed by atoms with Gasteiger partial charge in [0, 0.05) is 4.88 Å². The Bertz CT molecular complexity index is 429. The molecule has 2 aromatic rings. The molecular formula is C15H18S. The summed E-state index contributed by atoms with van der Waals surface area (Å²) >= 11 is 1.80. The molecule has 0 fully saturated rings. The van der Waals surface area contributed by atoms with E-state index in [1.54, 1.807) is 11.3 Å². The van der Waals surface area contributed by atoms with Gasteiger partial charge in [-0.05, 0) is 34.4 Å². The van der Waals surface area contributed by atoms with Crippen LogP contribution < -0.4 is 0 Å². The van der Waals surface area contributed by atoms with E-state index in [1.807, 2.05) is 0 Å². The largest absolute Gasteiger partial charge is 0.144 e. The summed E-state index contributed by atoms with van der Waals surface area (Å²) in [5.41, 5.74) is 3.12. The van der Waals surface area contributed by atoms with Crippen molar-refractivity contribution in [3.63, 3.8) is 0 Å². The van der Waals surface area contributed by atoms with Crippen molar-refractivity contribution in [3.05, 3.63) is 47.3 Å². The topological polar surface area (TPSA) is 0 Å². The van der Waals surface area contributed by atoms with Gasteiger partial charge in [0.2, 0.25) is 0 Å². The summed E-state index contributed by atoms with van der Waals surface area (Å²) in [6, 6.07) is 13.2. The number of benzene rings is 1. The van der Waals surface area contributed by atoms with Gasteiger partial charge in [0.1, 0.15) is 0 Å². The lowest BCUT2D eigenvalue weighted by atomic mass is 9.88. The maximum atomic E-state index is 2.28. The highest BCUT2D eigenvalue weighted by Gasteiger charge is 2.10. The second-order valence-electron chi connectivity index (χ2n) is 5.41. The lowest BCUT2D eigenvalue weighted by molar-refractivity contribution is 0.411. The van der Waals surface area contributed by atoms with Gasteiger partial charge in [-0.3, -0.25) is 0 Å². The number of hydrogen-bond acceptors (Lipinski definition) is 1. The Morgan fingerprint density at radius 1 is 1.00 bits per heavy atom. The third-order valence-corrected chi connectivity index (χ3v) is 3.41. The van der Waals surface area contributed by atoms with E-state index in [1.165, 1.54) is 16.0 Å². The zero-order valence-corrected chi connectivity index (χ0v) is 11.0. The summed E-state index contributed by atoms with van der Waals surface area (Å²) in [5.74, 6) is 0. The predicted molar refractivity (Wildman–Crippen MR) is 72.9 cm³/mol. The van der Waals surface area contributed by atoms with Crippen molar-refractivity contribution in [1.82, 2.24) is 0 Å². The Morgan fingerprint density at radius 3 is 2.19 bits per heavy atom. The van der Waals surface area contributed by atoms with Gasteiger partial charge in [-0.2, -0.15) is 0 Å². The molecule has 0 nitrogen and oxygen atoms in total. The lowest BCUT2D eigenvalue weighted by Crippen LogP contribution is -2.08. The van der Waals surface area contributed by atoms with Gasteiger partial charge < -0.3 is 0 Å². The van der Waals surface area contributed by atoms with Crippen LogP contribution in [0.5, 0.6) is 0 Å². The third kappa shape index (κ3) is 2.96. The van der Waals surface area contributed by atoms with Crippen molar-refractivity contribution in [3.8, 4) is 10.4 Å². The monoisotopic (exact) mass is 230 g/mol. The number of rotatable bonds is 2. The van der Waals surface area contributed by atoms with Crippen LogP contribution in [0.4, 0.5) is 0 Å². The molecule has 0 atom stereocenters. The van der Waals surface area contributed by atoms with Gasteiger partial charge >= 0.3 is 0 Å². The van der Waals surface area contributed by atoms with E-state index < -0.39 is 0 Å². The molecule has 0 spiro atoms. The van der Waals surface area contributed by atoms with E-state index in [0.717, 1.165) is 6.42 Å². The van der Waals surface area contributed by atoms with Crippen LogP contribution in [0, 0.1) is 5.41 Å². The SMILES string of the molecule is CC(C)(C)Cc1ccc(-c2cccs2)cc1. The molecule has 0 aliphatic heterocycles. The summed E-state index contributed by atoms with van der Waals surface area (Å²) in [4.78, 5) is 1.35. The molecule has 0 saturated carbocycles. The van der Waals surface area contributed by atoms with Crippen LogP contribution in [0.3, 0.4) is 0 Å². The highest BCUT2D eigenvalue weighted by molar-refractivity contribution is 7.13. The van der Waals surface area contributed by atoms with Gasteiger partial charge in [-0.1, -0.05) is 51.1 Å². The van der Waals surface area contributed by atoms with Crippen LogP contribution in [0.15, 0.2) is 41.8 Å². The minimum atomic E-state index is 0.366. The second-order valence-corrected chi connectivity index (χ2v) is 6.36. The van der Waals surface area contributed by atoms with E-state index >= 15 is 0 Å². The van der Waals surface area contributed by atoms with Gasteiger partial charge in [0.25, 0.3) is 0 Å². The molecule has 1 heteroatoms. The molecule has 0 amide bonds. The number of thiophene rings is 1. The molecule has 84 valence electrons. The highest BCUT2D eigenvalue weighted by atomic mass is 32.1. The average Bonchev–Trinajstić information content (AvgIpc) is 2.69. The van der Waals surface area contributed by atoms with Crippen LogP contribution in [0.2, 0.25) is 0 Å². The van der Waals surface area contributed by atoms with Crippen LogP contribution in [0.25, 0.3) is 10.4 Å². The maximum absolute atomic E-state index is 2.28. The zero-order chi connectivity index (χ0) is 11.6. The van der Waals surface area contributed by atoms with E-state index in [2.05, 4.69) is 62.5 Å². The Hall–Kier alpha value is -1.08. The van der Waals surface area contributed by atoms with Crippen molar-refractivity contribution >= 4 is 11.3 Å². The molecular weight excluding hydrogens is 212 g/mol. The molecule has 0 saturated heterocycles. The van der Waals surface area contributed by atoms with Gasteiger partial charge in [-0.25, -0.2) is 0 Å². The Balaban J connectivity index is 2.17. The highest BCUT2D eigenvalue weighted by Crippen LogP contribution is 2.26. The molecule has 1 aromatic carbocycles. The maximum Gasteiger partial charge on any atom is 0.0342 e. The van der Waals surface area contributed by atoms with Crippen molar-refractivity contribution < 1.29 is 0 Å². The van der Waals surface area contributed by atoms with Crippen molar-refractivity contribution in [2.75, 3.05) is 0 Å². The van der Waals surface area contributed by atoms with Crippen molar-refractivity contribution in [2.45, 2.75) is 27.2 Å². The van der Waals surface area contributed by atoms with Crippen LogP contribution in [0.1, 0.15) is 26.3 Å². The molecule has 16 heavy (non-hydrogen) atoms. The minimum Gasteiger partial charge on any atom is -0.144 e. The molecule has 0 aliphatic rings. The molecule has 0 aliphatic carbocycles. The molecule has 0 radical (unpaired) electrons. The lowest BCUT2D eigenvalue weighted by Gasteiger charge is -2.18. The average molecular weight is 230 g/mol. The summed E-state index contributed by atoms with van der Waals surface area (Å²) in [5, 5.41) is 2.12. The Morgan fingerprint density at radius 2 is 1.69 bits per heavy atom. The summed E-state index contributed by atoms with van der Waals surface area (Å²) < 4.78 is 0. The summed E-state index contributed by atoms with van der Waals surface area (Å²) in [6.07, 6.45) is 1.14. The van der Waals surface area contributed by atoms with E-state index in [9.17, 15) is 0 Å². The molecule has 1 heterocycles. The standard InChI is InChI=1S/C15H18S/c1-15(2,3)11-12-6-8-13(9-7-12)14-5-4-10-16-14/h4-10H,11H2,1-3H3. The fraction of sp³-hybridized carbons (Fsp3) is 0.333. The molecule has 1 aromatic heterocycles. The smallest absolute Gasteiger partial charge is 0.0342 e. The summed E-state index contributed by atoms with van der Waals surface area (Å²) in [7, 11) is 0. The molecule has 2 rings (SSSR count). The molecule has 0 bridgehead atoms. The first-order chi connectivity index (χ1) is 7.54. The minimum absolute atomic E-state index is 0.366. The fourth-order valence-corrected chi connectivity index (χ4v) is 2.58. The predicted octanol–water partition coefficient (Wildman–Crippen LogP) is 5.00. The van der Waals surface area contributed by atoms with E-state index in [4.69, 9.17) is 0 Å². The van der Waals surface area contributed by atoms with Crippen LogP contribution in [-0.2, 0) is 6.42 Å². The molecule has 0 unspecified atom stereocenters. The fourth-order valence-electron chi connectivity index (χ4n) is 1.84. The molecule has 0 N–H and O–H groups in total. The Kier molecular flexibility index (Phi) is 3.15. The van der Waals surface area contributed by atoms with Gasteiger partial charge in [0.15, 0.2) is 0 Å². The summed E-state index contributed by atoms with van der Waals surface area (Å²) in [6.45, 7) is 6.83. The van der Waals surface area contributed by atoms with Crippen LogP contribution >= 0.6 is 11.3 Å². The van der Waals surface area contributed by atoms with Gasteiger partial charge in [-0.15, -0.1) is 11.3 Å². The first-order valence-electron chi connectivity index (χ1n) is 5.67. The quantitative estimate of drug-likeness (QED) is 0.680. The normalized spacial score (nSPS) is 11.7. The first-order valence-corrected chi connectivity index (χ1v) is 6.55. The van der Waals surface area contributed by atoms with Gasteiger partial charge in [0.05, 0.1) is 0 Å². The zero-order valence-electron chi connectivity index (χ0n) is 10.2. The van der Waals surface area contributed by atoms with E-state index in [0.29, 0.717) is 5.41 Å². The third-order valence-electron chi connectivity index (χ3n) is 2.49. The van der Waals surface area contributed by atoms with Crippen molar-refractivity contribution in [1.29, 1.82) is 0 Å². The van der Waals surface area contributed by atoms with E-state index in [-0.39, 0.29) is 0 Å².